The smallest absolute Gasteiger partial charge is 0.338 e. The third-order valence-corrected chi connectivity index (χ3v) is 4.37. The molecule has 0 unspecified atom stereocenters. The zero-order valence-corrected chi connectivity index (χ0v) is 18.4. The summed E-state index contributed by atoms with van der Waals surface area (Å²) in [6.07, 6.45) is 0. The summed E-state index contributed by atoms with van der Waals surface area (Å²) < 4.78 is 16.0. The number of amides is 1. The topological polar surface area (TPSA) is 73.9 Å². The molecule has 1 N–H and O–H groups in total. The van der Waals surface area contributed by atoms with Crippen LogP contribution in [0.4, 0.5) is 5.69 Å². The highest BCUT2D eigenvalue weighted by atomic mass is 16.6. The van der Waals surface area contributed by atoms with Crippen molar-refractivity contribution in [1.82, 2.24) is 0 Å². The van der Waals surface area contributed by atoms with Crippen molar-refractivity contribution in [3.63, 3.8) is 0 Å². The summed E-state index contributed by atoms with van der Waals surface area (Å²) in [6, 6.07) is 12.5. The summed E-state index contributed by atoms with van der Waals surface area (Å²) in [5.74, 6) is 0.000801. The molecule has 0 radical (unpaired) electrons. The Morgan fingerprint density at radius 2 is 1.70 bits per heavy atom. The Bertz CT molecular complexity index is 853. The lowest BCUT2D eigenvalue weighted by Crippen LogP contribution is -2.22. The SMILES string of the molecule is CCOCCOC(=O)c1ccc(NC(=O)COc2ccc(C)cc2C(C)(C)C)cc1. The van der Waals surface area contributed by atoms with Gasteiger partial charge in [0.05, 0.1) is 12.2 Å². The van der Waals surface area contributed by atoms with E-state index in [0.29, 0.717) is 30.2 Å². The monoisotopic (exact) mass is 413 g/mol. The highest BCUT2D eigenvalue weighted by molar-refractivity contribution is 5.93. The zero-order valence-electron chi connectivity index (χ0n) is 18.4. The second kappa shape index (κ2) is 10.8. The van der Waals surface area contributed by atoms with E-state index in [1.165, 1.54) is 0 Å². The van der Waals surface area contributed by atoms with Gasteiger partial charge in [-0.3, -0.25) is 4.79 Å². The molecule has 30 heavy (non-hydrogen) atoms. The minimum absolute atomic E-state index is 0.0923. The van der Waals surface area contributed by atoms with Gasteiger partial charge in [-0.2, -0.15) is 0 Å². The molecular weight excluding hydrogens is 382 g/mol. The summed E-state index contributed by atoms with van der Waals surface area (Å²) in [6.45, 7) is 11.3. The van der Waals surface area contributed by atoms with Gasteiger partial charge in [0.15, 0.2) is 6.61 Å². The fourth-order valence-electron chi connectivity index (χ4n) is 2.81. The Morgan fingerprint density at radius 1 is 1.00 bits per heavy atom. The fourth-order valence-corrected chi connectivity index (χ4v) is 2.81. The van der Waals surface area contributed by atoms with Crippen molar-refractivity contribution in [2.45, 2.75) is 40.0 Å². The minimum atomic E-state index is -0.426. The average Bonchev–Trinajstić information content (AvgIpc) is 2.70. The maximum Gasteiger partial charge on any atom is 0.338 e. The molecule has 0 aliphatic carbocycles. The Hall–Kier alpha value is -2.86. The van der Waals surface area contributed by atoms with E-state index in [1.54, 1.807) is 24.3 Å². The number of esters is 1. The Morgan fingerprint density at radius 3 is 2.33 bits per heavy atom. The molecule has 1 amide bonds. The van der Waals surface area contributed by atoms with Crippen molar-refractivity contribution in [3.05, 3.63) is 59.2 Å². The second-order valence-electron chi connectivity index (χ2n) is 8.00. The lowest BCUT2D eigenvalue weighted by Gasteiger charge is -2.23. The van der Waals surface area contributed by atoms with E-state index in [9.17, 15) is 9.59 Å². The number of nitrogens with one attached hydrogen (secondary N) is 1. The molecule has 2 aromatic rings. The van der Waals surface area contributed by atoms with Gasteiger partial charge in [0.2, 0.25) is 0 Å². The van der Waals surface area contributed by atoms with E-state index >= 15 is 0 Å². The maximum atomic E-state index is 12.3. The molecule has 0 bridgehead atoms. The quantitative estimate of drug-likeness (QED) is 0.484. The molecule has 2 aromatic carbocycles. The summed E-state index contributed by atoms with van der Waals surface area (Å²) in [7, 11) is 0. The zero-order chi connectivity index (χ0) is 22.1. The van der Waals surface area contributed by atoms with Gasteiger partial charge >= 0.3 is 5.97 Å². The third-order valence-electron chi connectivity index (χ3n) is 4.37. The lowest BCUT2D eigenvalue weighted by molar-refractivity contribution is -0.118. The van der Waals surface area contributed by atoms with Gasteiger partial charge in [-0.1, -0.05) is 38.5 Å². The van der Waals surface area contributed by atoms with E-state index in [-0.39, 0.29) is 24.5 Å². The highest BCUT2D eigenvalue weighted by Crippen LogP contribution is 2.32. The van der Waals surface area contributed by atoms with Crippen LogP contribution in [0, 0.1) is 6.92 Å². The molecular formula is C24H31NO5. The molecule has 0 aliphatic heterocycles. The number of hydrogen-bond donors (Lipinski definition) is 1. The van der Waals surface area contributed by atoms with Crippen LogP contribution in [0.25, 0.3) is 0 Å². The van der Waals surface area contributed by atoms with Crippen molar-refractivity contribution in [2.75, 3.05) is 31.7 Å². The van der Waals surface area contributed by atoms with Gasteiger partial charge in [-0.15, -0.1) is 0 Å². The van der Waals surface area contributed by atoms with E-state index in [2.05, 4.69) is 32.2 Å². The van der Waals surface area contributed by atoms with E-state index < -0.39 is 5.97 Å². The lowest BCUT2D eigenvalue weighted by atomic mass is 9.85. The van der Waals surface area contributed by atoms with Crippen molar-refractivity contribution < 1.29 is 23.8 Å². The van der Waals surface area contributed by atoms with Crippen molar-refractivity contribution in [1.29, 1.82) is 0 Å². The van der Waals surface area contributed by atoms with Crippen LogP contribution < -0.4 is 10.1 Å². The van der Waals surface area contributed by atoms with Crippen molar-refractivity contribution >= 4 is 17.6 Å². The Labute approximate surface area is 178 Å². The van der Waals surface area contributed by atoms with Crippen LogP contribution >= 0.6 is 0 Å². The number of benzene rings is 2. The first-order valence-electron chi connectivity index (χ1n) is 10.1. The summed E-state index contributed by atoms with van der Waals surface area (Å²) in [4.78, 5) is 24.2. The summed E-state index contributed by atoms with van der Waals surface area (Å²) in [5.41, 5.74) is 3.10. The predicted octanol–water partition coefficient (Wildman–Crippen LogP) is 4.50. The second-order valence-corrected chi connectivity index (χ2v) is 8.00. The molecule has 162 valence electrons. The number of rotatable bonds is 9. The standard InChI is InChI=1S/C24H31NO5/c1-6-28-13-14-29-23(27)18-8-10-19(11-9-18)25-22(26)16-30-21-12-7-17(2)15-20(21)24(3,4)5/h7-12,15H,6,13-14,16H2,1-5H3,(H,25,26). The predicted molar refractivity (Wildman–Crippen MR) is 117 cm³/mol. The van der Waals surface area contributed by atoms with Gasteiger partial charge in [-0.05, 0) is 55.2 Å². The number of hydrogen-bond acceptors (Lipinski definition) is 5. The first-order chi connectivity index (χ1) is 14.2. The van der Waals surface area contributed by atoms with Gasteiger partial charge in [0, 0.05) is 12.3 Å². The van der Waals surface area contributed by atoms with E-state index in [1.807, 2.05) is 26.0 Å². The minimum Gasteiger partial charge on any atom is -0.483 e. The molecule has 6 heteroatoms. The fraction of sp³-hybridized carbons (Fsp3) is 0.417. The normalized spacial score (nSPS) is 11.1. The van der Waals surface area contributed by atoms with Crippen LogP contribution in [0.15, 0.2) is 42.5 Å². The Balaban J connectivity index is 1.89. The van der Waals surface area contributed by atoms with Crippen molar-refractivity contribution in [2.24, 2.45) is 0 Å². The molecule has 0 fully saturated rings. The molecule has 6 nitrogen and oxygen atoms in total. The van der Waals surface area contributed by atoms with Crippen LogP contribution in [0.5, 0.6) is 5.75 Å². The van der Waals surface area contributed by atoms with Crippen LogP contribution in [-0.2, 0) is 19.7 Å². The largest absolute Gasteiger partial charge is 0.483 e. The molecule has 0 spiro atoms. The van der Waals surface area contributed by atoms with E-state index in [4.69, 9.17) is 14.2 Å². The Kier molecular flexibility index (Phi) is 8.42. The average molecular weight is 414 g/mol. The summed E-state index contributed by atoms with van der Waals surface area (Å²) in [5, 5.41) is 2.77. The molecule has 0 saturated heterocycles. The summed E-state index contributed by atoms with van der Waals surface area (Å²) >= 11 is 0. The van der Waals surface area contributed by atoms with Gasteiger partial charge in [-0.25, -0.2) is 4.79 Å². The van der Waals surface area contributed by atoms with Crippen molar-refractivity contribution in [3.8, 4) is 5.75 Å². The number of aryl methyl sites for hydroxylation is 1. The van der Waals surface area contributed by atoms with E-state index in [0.717, 1.165) is 11.1 Å². The van der Waals surface area contributed by atoms with Crippen LogP contribution in [-0.4, -0.2) is 38.3 Å². The van der Waals surface area contributed by atoms with Crippen LogP contribution in [0.3, 0.4) is 0 Å². The maximum absolute atomic E-state index is 12.3. The van der Waals surface area contributed by atoms with Crippen LogP contribution in [0.1, 0.15) is 49.2 Å². The first-order valence-corrected chi connectivity index (χ1v) is 10.1. The van der Waals surface area contributed by atoms with Gasteiger partial charge in [0.1, 0.15) is 12.4 Å². The highest BCUT2D eigenvalue weighted by Gasteiger charge is 2.19. The molecule has 0 heterocycles. The van der Waals surface area contributed by atoms with Gasteiger partial charge < -0.3 is 19.5 Å². The van der Waals surface area contributed by atoms with Crippen LogP contribution in [0.2, 0.25) is 0 Å². The number of carbonyl (C=O) groups excluding carboxylic acids is 2. The molecule has 0 saturated carbocycles. The third kappa shape index (κ3) is 7.19. The molecule has 0 aliphatic rings. The molecule has 2 rings (SSSR count). The first kappa shape index (κ1) is 23.4. The molecule has 0 aromatic heterocycles. The van der Waals surface area contributed by atoms with Gasteiger partial charge in [0.25, 0.3) is 5.91 Å². The number of carbonyl (C=O) groups is 2. The molecule has 0 atom stereocenters. The number of anilines is 1. The number of ether oxygens (including phenoxy) is 3.